The van der Waals surface area contributed by atoms with Crippen molar-refractivity contribution in [2.24, 2.45) is 0 Å². The first-order valence-corrected chi connectivity index (χ1v) is 4.57. The van der Waals surface area contributed by atoms with Crippen LogP contribution in [0.25, 0.3) is 16.9 Å². The molecule has 0 aromatic carbocycles. The smallest absolute Gasteiger partial charge is 0.224 e. The lowest BCUT2D eigenvalue weighted by Crippen LogP contribution is -2.02. The van der Waals surface area contributed by atoms with Gasteiger partial charge < -0.3 is 5.73 Å². The molecule has 2 N–H and O–H groups in total. The summed E-state index contributed by atoms with van der Waals surface area (Å²) >= 11 is 0. The molecule has 0 spiro atoms. The number of nitrogens with zero attached hydrogens (tertiary/aromatic N) is 6. The number of nitrogens with two attached hydrogens (primary N) is 1. The van der Waals surface area contributed by atoms with Gasteiger partial charge in [0.15, 0.2) is 5.65 Å². The molecule has 7 heteroatoms. The van der Waals surface area contributed by atoms with Crippen LogP contribution in [0.1, 0.15) is 0 Å². The van der Waals surface area contributed by atoms with Gasteiger partial charge in [-0.05, 0) is 6.07 Å². The fourth-order valence-corrected chi connectivity index (χ4v) is 1.46. The fourth-order valence-electron chi connectivity index (χ4n) is 1.46. The van der Waals surface area contributed by atoms with E-state index < -0.39 is 0 Å². The van der Waals surface area contributed by atoms with Crippen molar-refractivity contribution in [3.05, 3.63) is 31.1 Å². The van der Waals surface area contributed by atoms with Crippen LogP contribution in [0.5, 0.6) is 0 Å². The zero-order valence-corrected chi connectivity index (χ0v) is 8.15. The van der Waals surface area contributed by atoms with Gasteiger partial charge in [0.25, 0.3) is 0 Å². The van der Waals surface area contributed by atoms with Crippen LogP contribution >= 0.6 is 0 Å². The Morgan fingerprint density at radius 2 is 2.06 bits per heavy atom. The first-order chi connectivity index (χ1) is 7.86. The summed E-state index contributed by atoms with van der Waals surface area (Å²) in [6.07, 6.45) is 6.19. The predicted octanol–water partition coefficient (Wildman–Crippen LogP) is 0.163. The summed E-state index contributed by atoms with van der Waals surface area (Å²) in [7, 11) is 0. The standard InChI is InChI=1S/C9H7N7/c10-9-14-5-13-8-6(3-15-16(8)9)7-1-2-11-4-12-7/h1-5H,(H2,10,13,14). The number of aromatic nitrogens is 6. The van der Waals surface area contributed by atoms with Crippen molar-refractivity contribution in [1.82, 2.24) is 29.5 Å². The highest BCUT2D eigenvalue weighted by Crippen LogP contribution is 2.20. The Hall–Kier alpha value is -2.57. The van der Waals surface area contributed by atoms with E-state index in [-0.39, 0.29) is 0 Å². The maximum atomic E-state index is 5.66. The van der Waals surface area contributed by atoms with Gasteiger partial charge in [-0.2, -0.15) is 9.61 Å². The molecule has 7 nitrogen and oxygen atoms in total. The van der Waals surface area contributed by atoms with Crippen LogP contribution in [0.3, 0.4) is 0 Å². The van der Waals surface area contributed by atoms with Crippen molar-refractivity contribution in [2.75, 3.05) is 5.73 Å². The van der Waals surface area contributed by atoms with Crippen LogP contribution < -0.4 is 5.73 Å². The molecular formula is C9H7N7. The number of fused-ring (bicyclic) bond motifs is 1. The van der Waals surface area contributed by atoms with Gasteiger partial charge in [0.1, 0.15) is 12.7 Å². The zero-order chi connectivity index (χ0) is 11.0. The number of hydrogen-bond donors (Lipinski definition) is 1. The number of rotatable bonds is 1. The van der Waals surface area contributed by atoms with Crippen molar-refractivity contribution in [2.45, 2.75) is 0 Å². The summed E-state index contributed by atoms with van der Waals surface area (Å²) in [6.45, 7) is 0. The second kappa shape index (κ2) is 3.23. The largest absolute Gasteiger partial charge is 0.368 e. The lowest BCUT2D eigenvalue weighted by Gasteiger charge is -1.97. The van der Waals surface area contributed by atoms with Gasteiger partial charge >= 0.3 is 0 Å². The monoisotopic (exact) mass is 213 g/mol. The summed E-state index contributed by atoms with van der Waals surface area (Å²) in [6, 6.07) is 1.79. The molecule has 0 atom stereocenters. The van der Waals surface area contributed by atoms with Gasteiger partial charge in [0.05, 0.1) is 17.5 Å². The van der Waals surface area contributed by atoms with Crippen molar-refractivity contribution >= 4 is 11.6 Å². The molecule has 16 heavy (non-hydrogen) atoms. The molecule has 0 aliphatic heterocycles. The highest BCUT2D eigenvalue weighted by molar-refractivity contribution is 5.74. The van der Waals surface area contributed by atoms with E-state index in [4.69, 9.17) is 5.73 Å². The molecule has 78 valence electrons. The first kappa shape index (κ1) is 8.72. The molecule has 3 heterocycles. The van der Waals surface area contributed by atoms with E-state index in [1.165, 1.54) is 17.2 Å². The molecule has 0 saturated heterocycles. The van der Waals surface area contributed by atoms with E-state index in [9.17, 15) is 0 Å². The van der Waals surface area contributed by atoms with E-state index >= 15 is 0 Å². The third-order valence-corrected chi connectivity index (χ3v) is 2.19. The molecule has 0 aliphatic rings. The van der Waals surface area contributed by atoms with E-state index in [0.29, 0.717) is 11.6 Å². The maximum absolute atomic E-state index is 5.66. The Kier molecular flexibility index (Phi) is 1.76. The Bertz CT molecular complexity index is 631. The summed E-state index contributed by atoms with van der Waals surface area (Å²) in [5.74, 6) is 0.297. The molecule has 0 radical (unpaired) electrons. The lowest BCUT2D eigenvalue weighted by atomic mass is 10.2. The van der Waals surface area contributed by atoms with Gasteiger partial charge in [-0.1, -0.05) is 0 Å². The first-order valence-electron chi connectivity index (χ1n) is 4.57. The van der Waals surface area contributed by atoms with Crippen LogP contribution in [0.4, 0.5) is 5.95 Å². The second-order valence-electron chi connectivity index (χ2n) is 3.12. The van der Waals surface area contributed by atoms with E-state index in [1.807, 2.05) is 0 Å². The zero-order valence-electron chi connectivity index (χ0n) is 8.15. The molecule has 0 amide bonds. The summed E-state index contributed by atoms with van der Waals surface area (Å²) in [5, 5.41) is 4.10. The van der Waals surface area contributed by atoms with E-state index in [0.717, 1.165) is 11.3 Å². The molecule has 0 fully saturated rings. The molecule has 3 aromatic rings. The van der Waals surface area contributed by atoms with Gasteiger partial charge in [-0.25, -0.2) is 19.9 Å². The van der Waals surface area contributed by atoms with Crippen molar-refractivity contribution in [1.29, 1.82) is 0 Å². The molecular weight excluding hydrogens is 206 g/mol. The van der Waals surface area contributed by atoms with Crippen molar-refractivity contribution < 1.29 is 0 Å². The Morgan fingerprint density at radius 3 is 2.88 bits per heavy atom. The number of hydrogen-bond acceptors (Lipinski definition) is 6. The molecule has 0 bridgehead atoms. The maximum Gasteiger partial charge on any atom is 0.224 e. The normalized spacial score (nSPS) is 10.8. The summed E-state index contributed by atoms with van der Waals surface area (Å²) in [4.78, 5) is 16.0. The van der Waals surface area contributed by atoms with Crippen molar-refractivity contribution in [3.8, 4) is 11.3 Å². The average molecular weight is 213 g/mol. The Balaban J connectivity index is 2.30. The van der Waals surface area contributed by atoms with Gasteiger partial charge in [-0.15, -0.1) is 0 Å². The third-order valence-electron chi connectivity index (χ3n) is 2.19. The summed E-state index contributed by atoms with van der Waals surface area (Å²) < 4.78 is 1.47. The van der Waals surface area contributed by atoms with Crippen LogP contribution in [-0.4, -0.2) is 29.5 Å². The molecule has 0 aliphatic carbocycles. The van der Waals surface area contributed by atoms with Gasteiger partial charge in [0.2, 0.25) is 5.95 Å². The topological polar surface area (TPSA) is 94.9 Å². The minimum Gasteiger partial charge on any atom is -0.368 e. The van der Waals surface area contributed by atoms with E-state index in [2.05, 4.69) is 25.0 Å². The second-order valence-corrected chi connectivity index (χ2v) is 3.12. The Morgan fingerprint density at radius 1 is 1.12 bits per heavy atom. The highest BCUT2D eigenvalue weighted by Gasteiger charge is 2.10. The Labute approximate surface area is 90.0 Å². The minimum absolute atomic E-state index is 0.297. The highest BCUT2D eigenvalue weighted by atomic mass is 15.3. The molecule has 0 unspecified atom stereocenters. The molecule has 3 aromatic heterocycles. The summed E-state index contributed by atoms with van der Waals surface area (Å²) in [5.41, 5.74) is 7.85. The van der Waals surface area contributed by atoms with Crippen LogP contribution in [0.15, 0.2) is 31.1 Å². The van der Waals surface area contributed by atoms with Crippen LogP contribution in [-0.2, 0) is 0 Å². The quantitative estimate of drug-likeness (QED) is 0.618. The van der Waals surface area contributed by atoms with Gasteiger partial charge in [-0.3, -0.25) is 0 Å². The van der Waals surface area contributed by atoms with Crippen LogP contribution in [0.2, 0.25) is 0 Å². The van der Waals surface area contributed by atoms with Crippen LogP contribution in [0, 0.1) is 0 Å². The van der Waals surface area contributed by atoms with Crippen molar-refractivity contribution in [3.63, 3.8) is 0 Å². The number of anilines is 1. The third kappa shape index (κ3) is 1.18. The lowest BCUT2D eigenvalue weighted by molar-refractivity contribution is 0.909. The molecule has 3 rings (SSSR count). The fraction of sp³-hybridized carbons (Fsp3) is 0. The SMILES string of the molecule is Nc1ncnc2c(-c3ccncn3)cnn12. The van der Waals surface area contributed by atoms with E-state index in [1.54, 1.807) is 18.5 Å². The average Bonchev–Trinajstić information content (AvgIpc) is 2.75. The van der Waals surface area contributed by atoms with Gasteiger partial charge in [0, 0.05) is 6.20 Å². The predicted molar refractivity (Wildman–Crippen MR) is 56.2 cm³/mol. The molecule has 0 saturated carbocycles. The number of nitrogen functional groups attached to an aromatic ring is 1. The minimum atomic E-state index is 0.297.